The number of hydrogen-bond acceptors (Lipinski definition) is 4. The van der Waals surface area contributed by atoms with Crippen LogP contribution < -0.4 is 17.0 Å². The molecule has 0 aliphatic rings. The molecule has 0 aliphatic carbocycles. The lowest BCUT2D eigenvalue weighted by molar-refractivity contribution is -0.118. The Kier molecular flexibility index (Phi) is 4.03. The summed E-state index contributed by atoms with van der Waals surface area (Å²) in [5.74, 6) is -0.748. The summed E-state index contributed by atoms with van der Waals surface area (Å²) in [5, 5.41) is 0. The third-order valence-corrected chi connectivity index (χ3v) is 3.82. The van der Waals surface area contributed by atoms with Gasteiger partial charge in [0.05, 0.1) is 12.9 Å². The Bertz CT molecular complexity index is 1010. The van der Waals surface area contributed by atoms with Gasteiger partial charge in [-0.25, -0.2) is 14.3 Å². The third-order valence-electron chi connectivity index (χ3n) is 3.82. The summed E-state index contributed by atoms with van der Waals surface area (Å²) < 4.78 is 3.90. The zero-order valence-corrected chi connectivity index (χ0v) is 13.2. The summed E-state index contributed by atoms with van der Waals surface area (Å²) in [7, 11) is 0. The molecule has 3 aromatic rings. The number of imidazole rings is 1. The SMILES string of the molecule is CCn1cnc2c1c(=O)n(CC(N)=O)c(=O)n2Cc1ccccc1. The number of carbonyl (C=O) groups excluding carboxylic acids is 1. The zero-order valence-electron chi connectivity index (χ0n) is 13.2. The van der Waals surface area contributed by atoms with E-state index in [0.717, 1.165) is 10.1 Å². The largest absolute Gasteiger partial charge is 0.368 e. The van der Waals surface area contributed by atoms with Crippen molar-refractivity contribution in [2.45, 2.75) is 26.6 Å². The smallest absolute Gasteiger partial charge is 0.333 e. The van der Waals surface area contributed by atoms with Gasteiger partial charge in [-0.15, -0.1) is 0 Å². The van der Waals surface area contributed by atoms with E-state index in [1.165, 1.54) is 10.9 Å². The van der Waals surface area contributed by atoms with Gasteiger partial charge in [0.25, 0.3) is 5.56 Å². The third kappa shape index (κ3) is 2.62. The first-order chi connectivity index (χ1) is 11.5. The van der Waals surface area contributed by atoms with Crippen molar-refractivity contribution in [2.75, 3.05) is 0 Å². The fraction of sp³-hybridized carbons (Fsp3) is 0.250. The molecule has 2 N–H and O–H groups in total. The minimum Gasteiger partial charge on any atom is -0.368 e. The highest BCUT2D eigenvalue weighted by molar-refractivity contribution is 5.75. The summed E-state index contributed by atoms with van der Waals surface area (Å²) in [6.45, 7) is 2.17. The van der Waals surface area contributed by atoms with Crippen LogP contribution in [0.2, 0.25) is 0 Å². The van der Waals surface area contributed by atoms with Crippen LogP contribution in [0.15, 0.2) is 46.2 Å². The number of nitrogens with zero attached hydrogens (tertiary/aromatic N) is 4. The van der Waals surface area contributed by atoms with Crippen LogP contribution in [0.3, 0.4) is 0 Å². The lowest BCUT2D eigenvalue weighted by Crippen LogP contribution is -2.43. The number of amides is 1. The monoisotopic (exact) mass is 327 g/mol. The second kappa shape index (κ2) is 6.15. The van der Waals surface area contributed by atoms with Gasteiger partial charge in [0, 0.05) is 6.54 Å². The van der Waals surface area contributed by atoms with Crippen LogP contribution in [0.1, 0.15) is 12.5 Å². The molecule has 0 aliphatic heterocycles. The van der Waals surface area contributed by atoms with E-state index in [4.69, 9.17) is 5.73 Å². The zero-order chi connectivity index (χ0) is 17.3. The number of carbonyl (C=O) groups is 1. The molecule has 1 aromatic carbocycles. The molecule has 0 unspecified atom stereocenters. The number of fused-ring (bicyclic) bond motifs is 1. The molecule has 8 nitrogen and oxygen atoms in total. The predicted molar refractivity (Wildman–Crippen MR) is 88.7 cm³/mol. The van der Waals surface area contributed by atoms with E-state index in [2.05, 4.69) is 4.98 Å². The summed E-state index contributed by atoms with van der Waals surface area (Å²) in [6.07, 6.45) is 1.52. The van der Waals surface area contributed by atoms with E-state index in [1.54, 1.807) is 4.57 Å². The molecule has 0 saturated heterocycles. The van der Waals surface area contributed by atoms with Gasteiger partial charge < -0.3 is 10.3 Å². The molecule has 0 bridgehead atoms. The van der Waals surface area contributed by atoms with Gasteiger partial charge in [0.15, 0.2) is 11.2 Å². The highest BCUT2D eigenvalue weighted by atomic mass is 16.2. The van der Waals surface area contributed by atoms with Crippen LogP contribution in [0.5, 0.6) is 0 Å². The van der Waals surface area contributed by atoms with Crippen LogP contribution in [-0.2, 0) is 24.4 Å². The Balaban J connectivity index is 2.31. The Hall–Kier alpha value is -3.16. The first-order valence-corrected chi connectivity index (χ1v) is 7.53. The quantitative estimate of drug-likeness (QED) is 0.707. The van der Waals surface area contributed by atoms with Crippen molar-refractivity contribution in [3.63, 3.8) is 0 Å². The normalized spacial score (nSPS) is 11.0. The van der Waals surface area contributed by atoms with Crippen molar-refractivity contribution in [1.82, 2.24) is 18.7 Å². The highest BCUT2D eigenvalue weighted by Gasteiger charge is 2.18. The number of benzene rings is 1. The predicted octanol–water partition coefficient (Wildman–Crippen LogP) is -0.0868. The molecular weight excluding hydrogens is 310 g/mol. The number of rotatable bonds is 5. The van der Waals surface area contributed by atoms with Crippen LogP contribution in [-0.4, -0.2) is 24.6 Å². The molecule has 1 amide bonds. The minimum atomic E-state index is -0.748. The van der Waals surface area contributed by atoms with Crippen molar-refractivity contribution in [3.8, 4) is 0 Å². The molecule has 0 radical (unpaired) electrons. The van der Waals surface area contributed by atoms with E-state index in [1.807, 2.05) is 37.3 Å². The van der Waals surface area contributed by atoms with Crippen molar-refractivity contribution >= 4 is 17.1 Å². The number of nitrogens with two attached hydrogens (primary N) is 1. The second-order valence-electron chi connectivity index (χ2n) is 5.41. The van der Waals surface area contributed by atoms with E-state index in [9.17, 15) is 14.4 Å². The summed E-state index contributed by atoms with van der Waals surface area (Å²) in [4.78, 5) is 40.8. The standard InChI is InChI=1S/C16H17N5O3/c1-2-19-10-18-14-13(19)15(23)21(9-12(17)22)16(24)20(14)8-11-6-4-3-5-7-11/h3-7,10H,2,8-9H2,1H3,(H2,17,22). The van der Waals surface area contributed by atoms with Gasteiger partial charge in [0.1, 0.15) is 6.54 Å². The summed E-state index contributed by atoms with van der Waals surface area (Å²) in [6, 6.07) is 9.35. The van der Waals surface area contributed by atoms with E-state index in [0.29, 0.717) is 12.2 Å². The van der Waals surface area contributed by atoms with Gasteiger partial charge in [-0.2, -0.15) is 0 Å². The van der Waals surface area contributed by atoms with Crippen molar-refractivity contribution in [1.29, 1.82) is 0 Å². The first-order valence-electron chi connectivity index (χ1n) is 7.53. The van der Waals surface area contributed by atoms with Crippen LogP contribution in [0, 0.1) is 0 Å². The number of aromatic nitrogens is 4. The van der Waals surface area contributed by atoms with Crippen LogP contribution in [0.4, 0.5) is 0 Å². The Morgan fingerprint density at radius 2 is 1.88 bits per heavy atom. The second-order valence-corrected chi connectivity index (χ2v) is 5.41. The van der Waals surface area contributed by atoms with E-state index < -0.39 is 23.7 Å². The lowest BCUT2D eigenvalue weighted by atomic mass is 10.2. The summed E-state index contributed by atoms with van der Waals surface area (Å²) in [5.41, 5.74) is 5.50. The lowest BCUT2D eigenvalue weighted by Gasteiger charge is -2.11. The molecule has 3 rings (SSSR count). The maximum absolute atomic E-state index is 12.7. The molecule has 8 heteroatoms. The molecular formula is C16H17N5O3. The van der Waals surface area contributed by atoms with Gasteiger partial charge >= 0.3 is 5.69 Å². The van der Waals surface area contributed by atoms with Gasteiger partial charge in [-0.3, -0.25) is 14.2 Å². The molecule has 2 heterocycles. The minimum absolute atomic E-state index is 0.246. The maximum Gasteiger partial charge on any atom is 0.333 e. The van der Waals surface area contributed by atoms with Crippen LogP contribution in [0.25, 0.3) is 11.2 Å². The van der Waals surface area contributed by atoms with Crippen molar-refractivity contribution in [2.24, 2.45) is 5.73 Å². The Labute approximate surface area is 136 Å². The van der Waals surface area contributed by atoms with Crippen molar-refractivity contribution in [3.05, 3.63) is 63.1 Å². The fourth-order valence-corrected chi connectivity index (χ4v) is 2.68. The molecule has 124 valence electrons. The Morgan fingerprint density at radius 3 is 2.50 bits per heavy atom. The Morgan fingerprint density at radius 1 is 1.17 bits per heavy atom. The fourth-order valence-electron chi connectivity index (χ4n) is 2.68. The number of hydrogen-bond donors (Lipinski definition) is 1. The molecule has 0 spiro atoms. The maximum atomic E-state index is 12.7. The topological polar surface area (TPSA) is 105 Å². The molecule has 0 fully saturated rings. The van der Waals surface area contributed by atoms with Gasteiger partial charge in [-0.05, 0) is 12.5 Å². The van der Waals surface area contributed by atoms with Crippen LogP contribution >= 0.6 is 0 Å². The first kappa shape index (κ1) is 15.7. The molecule has 0 saturated carbocycles. The average Bonchev–Trinajstić information content (AvgIpc) is 3.00. The van der Waals surface area contributed by atoms with E-state index >= 15 is 0 Å². The highest BCUT2D eigenvalue weighted by Crippen LogP contribution is 2.09. The molecule has 24 heavy (non-hydrogen) atoms. The van der Waals surface area contributed by atoms with Gasteiger partial charge in [-0.1, -0.05) is 30.3 Å². The molecule has 0 atom stereocenters. The van der Waals surface area contributed by atoms with Crippen molar-refractivity contribution < 1.29 is 4.79 Å². The summed E-state index contributed by atoms with van der Waals surface area (Å²) >= 11 is 0. The molecule has 2 aromatic heterocycles. The van der Waals surface area contributed by atoms with Gasteiger partial charge in [0.2, 0.25) is 5.91 Å². The number of primary amides is 1. The van der Waals surface area contributed by atoms with E-state index in [-0.39, 0.29) is 12.1 Å². The number of aryl methyl sites for hydroxylation is 1. The average molecular weight is 327 g/mol.